The van der Waals surface area contributed by atoms with Crippen LogP contribution in [0, 0.1) is 5.82 Å². The quantitative estimate of drug-likeness (QED) is 0.765. The zero-order valence-corrected chi connectivity index (χ0v) is 8.75. The number of carbonyl (C=O) groups excluding carboxylic acids is 2. The first-order valence-electron chi connectivity index (χ1n) is 4.16. The van der Waals surface area contributed by atoms with Crippen LogP contribution >= 0.6 is 11.6 Å². The minimum absolute atomic E-state index is 0.0348. The lowest BCUT2D eigenvalue weighted by molar-refractivity contribution is -0.124. The summed E-state index contributed by atoms with van der Waals surface area (Å²) in [5.41, 5.74) is 6.75. The van der Waals surface area contributed by atoms with Crippen LogP contribution in [0.2, 0.25) is 5.02 Å². The molecule has 0 unspecified atom stereocenters. The second kappa shape index (κ2) is 5.43. The highest BCUT2D eigenvalue weighted by Gasteiger charge is 2.11. The Morgan fingerprint density at radius 3 is 2.75 bits per heavy atom. The molecule has 1 aromatic carbocycles. The number of benzene rings is 1. The molecular weight excluding hydrogens is 239 g/mol. The third-order valence-corrected chi connectivity index (χ3v) is 1.87. The maximum atomic E-state index is 12.7. The third-order valence-electron chi connectivity index (χ3n) is 1.56. The van der Waals surface area contributed by atoms with Gasteiger partial charge in [0.15, 0.2) is 6.61 Å². The number of hydrogen-bond donors (Lipinski definition) is 2. The molecule has 3 N–H and O–H groups in total. The molecule has 7 heteroatoms. The highest BCUT2D eigenvalue weighted by molar-refractivity contribution is 6.33. The molecule has 5 nitrogen and oxygen atoms in total. The van der Waals surface area contributed by atoms with Crippen LogP contribution in [0.15, 0.2) is 18.2 Å². The first-order valence-corrected chi connectivity index (χ1v) is 4.54. The largest absolute Gasteiger partial charge is 0.368 e. The molecule has 2 amide bonds. The summed E-state index contributed by atoms with van der Waals surface area (Å²) < 4.78 is 12.7. The van der Waals surface area contributed by atoms with E-state index in [1.54, 1.807) is 0 Å². The van der Waals surface area contributed by atoms with Gasteiger partial charge in [0.05, 0.1) is 10.6 Å². The van der Waals surface area contributed by atoms with Crippen LogP contribution in [-0.2, 0) is 9.63 Å². The molecule has 0 aliphatic rings. The summed E-state index contributed by atoms with van der Waals surface area (Å²) in [6.07, 6.45) is 0. The lowest BCUT2D eigenvalue weighted by atomic mass is 10.2. The van der Waals surface area contributed by atoms with Gasteiger partial charge in [-0.25, -0.2) is 9.87 Å². The van der Waals surface area contributed by atoms with Gasteiger partial charge in [0.25, 0.3) is 5.91 Å². The number of rotatable bonds is 4. The zero-order valence-electron chi connectivity index (χ0n) is 8.00. The summed E-state index contributed by atoms with van der Waals surface area (Å²) >= 11 is 5.62. The number of hydroxylamine groups is 1. The normalized spacial score (nSPS) is 9.88. The van der Waals surface area contributed by atoms with Crippen molar-refractivity contribution in [2.24, 2.45) is 5.73 Å². The summed E-state index contributed by atoms with van der Waals surface area (Å²) in [5.74, 6) is -1.98. The van der Waals surface area contributed by atoms with Crippen molar-refractivity contribution in [2.75, 3.05) is 6.61 Å². The number of nitrogens with two attached hydrogens (primary N) is 1. The van der Waals surface area contributed by atoms with Crippen LogP contribution in [0.25, 0.3) is 0 Å². The second-order valence-electron chi connectivity index (χ2n) is 2.81. The van der Waals surface area contributed by atoms with Crippen molar-refractivity contribution in [2.45, 2.75) is 0 Å². The molecule has 0 spiro atoms. The first kappa shape index (κ1) is 12.4. The molecule has 1 rings (SSSR count). The van der Waals surface area contributed by atoms with Gasteiger partial charge in [-0.1, -0.05) is 11.6 Å². The summed E-state index contributed by atoms with van der Waals surface area (Å²) in [5, 5.41) is -0.0554. The van der Waals surface area contributed by atoms with E-state index in [4.69, 9.17) is 17.3 Å². The van der Waals surface area contributed by atoms with Crippen molar-refractivity contribution < 1.29 is 18.8 Å². The number of halogens is 2. The Bertz CT molecular complexity index is 425. The van der Waals surface area contributed by atoms with E-state index in [1.807, 2.05) is 5.48 Å². The van der Waals surface area contributed by atoms with Crippen LogP contribution in [0.5, 0.6) is 0 Å². The molecule has 16 heavy (non-hydrogen) atoms. The van der Waals surface area contributed by atoms with Gasteiger partial charge >= 0.3 is 0 Å². The predicted octanol–water partition coefficient (Wildman–Crippen LogP) is 0.626. The molecule has 0 saturated heterocycles. The van der Waals surface area contributed by atoms with Gasteiger partial charge in [-0.15, -0.1) is 0 Å². The Labute approximate surface area is 95.3 Å². The van der Waals surface area contributed by atoms with Crippen LogP contribution in [0.4, 0.5) is 4.39 Å². The summed E-state index contributed by atoms with van der Waals surface area (Å²) in [7, 11) is 0. The topological polar surface area (TPSA) is 81.4 Å². The Kier molecular flexibility index (Phi) is 4.21. The fraction of sp³-hybridized carbons (Fsp3) is 0.111. The molecular formula is C9H8ClFN2O3. The molecule has 86 valence electrons. The van der Waals surface area contributed by atoms with Crippen molar-refractivity contribution in [3.8, 4) is 0 Å². The molecule has 0 heterocycles. The Hall–Kier alpha value is -1.66. The van der Waals surface area contributed by atoms with E-state index in [1.165, 1.54) is 6.07 Å². The molecule has 0 aliphatic heterocycles. The lowest BCUT2D eigenvalue weighted by Crippen LogP contribution is -2.29. The fourth-order valence-electron chi connectivity index (χ4n) is 0.901. The second-order valence-corrected chi connectivity index (χ2v) is 3.22. The standard InChI is InChI=1S/C9H8ClFN2O3/c10-7-3-5(11)1-2-6(7)9(15)13-16-4-8(12)14/h1-3H,4H2,(H2,12,14)(H,13,15). The molecule has 0 saturated carbocycles. The van der Waals surface area contributed by atoms with E-state index in [2.05, 4.69) is 4.84 Å². The number of nitrogens with one attached hydrogen (secondary N) is 1. The van der Waals surface area contributed by atoms with E-state index >= 15 is 0 Å². The number of primary amides is 1. The highest BCUT2D eigenvalue weighted by atomic mass is 35.5. The van der Waals surface area contributed by atoms with E-state index in [-0.39, 0.29) is 10.6 Å². The Morgan fingerprint density at radius 2 is 2.19 bits per heavy atom. The van der Waals surface area contributed by atoms with Gasteiger partial charge < -0.3 is 5.73 Å². The summed E-state index contributed by atoms with van der Waals surface area (Å²) in [6.45, 7) is -0.454. The maximum absolute atomic E-state index is 12.7. The minimum Gasteiger partial charge on any atom is -0.368 e. The molecule has 0 aromatic heterocycles. The van der Waals surface area contributed by atoms with Crippen LogP contribution < -0.4 is 11.2 Å². The Morgan fingerprint density at radius 1 is 1.50 bits per heavy atom. The van der Waals surface area contributed by atoms with Crippen LogP contribution in [-0.4, -0.2) is 18.4 Å². The van der Waals surface area contributed by atoms with Gasteiger partial charge in [-0.2, -0.15) is 0 Å². The average molecular weight is 247 g/mol. The smallest absolute Gasteiger partial charge is 0.276 e. The fourth-order valence-corrected chi connectivity index (χ4v) is 1.15. The maximum Gasteiger partial charge on any atom is 0.276 e. The van der Waals surface area contributed by atoms with Crippen molar-refractivity contribution in [1.29, 1.82) is 0 Å². The van der Waals surface area contributed by atoms with Crippen LogP contribution in [0.3, 0.4) is 0 Å². The van der Waals surface area contributed by atoms with Crippen molar-refractivity contribution in [3.05, 3.63) is 34.6 Å². The van der Waals surface area contributed by atoms with E-state index < -0.39 is 24.2 Å². The Balaban J connectivity index is 2.63. The van der Waals surface area contributed by atoms with Crippen molar-refractivity contribution in [1.82, 2.24) is 5.48 Å². The molecule has 1 aromatic rings. The predicted molar refractivity (Wildman–Crippen MR) is 54.0 cm³/mol. The molecule has 0 fully saturated rings. The first-order chi connectivity index (χ1) is 7.50. The van der Waals surface area contributed by atoms with E-state index in [0.29, 0.717) is 0 Å². The molecule has 0 radical (unpaired) electrons. The monoisotopic (exact) mass is 246 g/mol. The van der Waals surface area contributed by atoms with Gasteiger partial charge in [-0.3, -0.25) is 14.4 Å². The minimum atomic E-state index is -0.731. The molecule has 0 aliphatic carbocycles. The van der Waals surface area contributed by atoms with Gasteiger partial charge in [-0.05, 0) is 18.2 Å². The van der Waals surface area contributed by atoms with E-state index in [0.717, 1.165) is 12.1 Å². The number of hydrogen-bond acceptors (Lipinski definition) is 3. The third kappa shape index (κ3) is 3.48. The highest BCUT2D eigenvalue weighted by Crippen LogP contribution is 2.16. The van der Waals surface area contributed by atoms with Crippen molar-refractivity contribution >= 4 is 23.4 Å². The SMILES string of the molecule is NC(=O)CONC(=O)c1ccc(F)cc1Cl. The van der Waals surface area contributed by atoms with E-state index in [9.17, 15) is 14.0 Å². The zero-order chi connectivity index (χ0) is 12.1. The van der Waals surface area contributed by atoms with Gasteiger partial charge in [0.2, 0.25) is 5.91 Å². The summed E-state index contributed by atoms with van der Waals surface area (Å²) in [4.78, 5) is 26.1. The van der Waals surface area contributed by atoms with Crippen LogP contribution in [0.1, 0.15) is 10.4 Å². The number of amides is 2. The lowest BCUT2D eigenvalue weighted by Gasteiger charge is -2.05. The molecule has 0 atom stereocenters. The van der Waals surface area contributed by atoms with Gasteiger partial charge in [0, 0.05) is 0 Å². The average Bonchev–Trinajstić information content (AvgIpc) is 2.16. The van der Waals surface area contributed by atoms with Gasteiger partial charge in [0.1, 0.15) is 5.82 Å². The number of carbonyl (C=O) groups is 2. The summed E-state index contributed by atoms with van der Waals surface area (Å²) in [6, 6.07) is 3.26. The van der Waals surface area contributed by atoms with Crippen molar-refractivity contribution in [3.63, 3.8) is 0 Å². The molecule has 0 bridgehead atoms.